The number of nitrogens with one attached hydrogen (secondary N) is 1. The minimum atomic E-state index is -4.66. The first-order valence-corrected chi connectivity index (χ1v) is 11.3. The lowest BCUT2D eigenvalue weighted by Gasteiger charge is -2.28. The molecule has 0 saturated heterocycles. The average Bonchev–Trinajstić information content (AvgIpc) is 3.45. The van der Waals surface area contributed by atoms with E-state index >= 15 is 0 Å². The molecule has 192 valence electrons. The van der Waals surface area contributed by atoms with Gasteiger partial charge >= 0.3 is 6.18 Å². The summed E-state index contributed by atoms with van der Waals surface area (Å²) < 4.78 is 53.9. The molecule has 1 atom stereocenters. The largest absolute Gasteiger partial charge is 0.451 e. The highest BCUT2D eigenvalue weighted by molar-refractivity contribution is 5.84. The molecule has 0 saturated carbocycles. The number of halogens is 4. The smallest absolute Gasteiger partial charge is 0.361 e. The van der Waals surface area contributed by atoms with Crippen molar-refractivity contribution in [1.82, 2.24) is 24.6 Å². The van der Waals surface area contributed by atoms with Crippen LogP contribution in [0, 0.1) is 15.9 Å². The van der Waals surface area contributed by atoms with Gasteiger partial charge in [0.05, 0.1) is 13.0 Å². The molecular weight excluding hydrogens is 472 g/mol. The van der Waals surface area contributed by atoms with E-state index in [1.807, 2.05) is 27.7 Å². The van der Waals surface area contributed by atoms with Crippen LogP contribution in [0.25, 0.3) is 10.9 Å². The van der Waals surface area contributed by atoms with Crippen LogP contribution in [0.5, 0.6) is 0 Å². The van der Waals surface area contributed by atoms with Crippen molar-refractivity contribution in [2.75, 3.05) is 6.54 Å². The molecule has 1 unspecified atom stereocenters. The molecule has 1 N–H and O–H groups in total. The summed E-state index contributed by atoms with van der Waals surface area (Å²) in [4.78, 5) is 27.7. The first-order chi connectivity index (χ1) is 16.6. The van der Waals surface area contributed by atoms with Gasteiger partial charge in [0.2, 0.25) is 17.8 Å². The molecule has 0 aliphatic carbocycles. The van der Waals surface area contributed by atoms with Gasteiger partial charge in [-0.15, -0.1) is 10.2 Å². The molecule has 9 nitrogen and oxygen atoms in total. The van der Waals surface area contributed by atoms with Crippen LogP contribution in [0.1, 0.15) is 51.3 Å². The van der Waals surface area contributed by atoms with Gasteiger partial charge in [-0.2, -0.15) is 13.2 Å². The van der Waals surface area contributed by atoms with Crippen LogP contribution in [-0.2, 0) is 30.5 Å². The molecule has 3 aromatic rings. The number of hydrogen-bond donors (Lipinski definition) is 1. The van der Waals surface area contributed by atoms with Crippen molar-refractivity contribution in [1.29, 1.82) is 0 Å². The zero-order valence-corrected chi connectivity index (χ0v) is 19.9. The van der Waals surface area contributed by atoms with Crippen LogP contribution in [0.3, 0.4) is 0 Å². The Labute approximate surface area is 199 Å². The van der Waals surface area contributed by atoms with E-state index in [0.717, 1.165) is 4.57 Å². The van der Waals surface area contributed by atoms with Crippen LogP contribution in [-0.4, -0.2) is 48.1 Å². The number of carbonyl (C=O) groups excluding carboxylic acids is 1. The van der Waals surface area contributed by atoms with E-state index in [-0.39, 0.29) is 37.3 Å². The summed E-state index contributed by atoms with van der Waals surface area (Å²) in [6, 6.07) is 3.06. The average molecular weight is 500 g/mol. The molecule has 4 rings (SSSR count). The third-order valence-electron chi connectivity index (χ3n) is 5.26. The number of fused-ring (bicyclic) bond motifs is 2. The van der Waals surface area contributed by atoms with E-state index in [4.69, 9.17) is 0 Å². The second-order valence-corrected chi connectivity index (χ2v) is 7.23. The lowest BCUT2D eigenvalue weighted by molar-refractivity contribution is -0.521. The summed E-state index contributed by atoms with van der Waals surface area (Å²) in [5.74, 6) is -2.30. The SMILES string of the molecule is CC.CC.O=C(CC(Cc1c[nH]c2cccc(F)c12)[N+](=O)[O-])N1CCn2c(nnc2C(F)(F)F)C1. The Hall–Kier alpha value is -3.51. The zero-order valence-electron chi connectivity index (χ0n) is 19.9. The maximum atomic E-state index is 14.2. The zero-order chi connectivity index (χ0) is 26.3. The summed E-state index contributed by atoms with van der Waals surface area (Å²) in [6.45, 7) is 7.55. The van der Waals surface area contributed by atoms with E-state index in [0.29, 0.717) is 11.1 Å². The van der Waals surface area contributed by atoms with Crippen molar-refractivity contribution >= 4 is 16.8 Å². The van der Waals surface area contributed by atoms with Crippen LogP contribution in [0.15, 0.2) is 24.4 Å². The Kier molecular flexibility index (Phi) is 9.32. The molecule has 0 spiro atoms. The predicted molar refractivity (Wildman–Crippen MR) is 120 cm³/mol. The molecule has 0 fully saturated rings. The minimum Gasteiger partial charge on any atom is -0.361 e. The molecule has 0 radical (unpaired) electrons. The minimum absolute atomic E-state index is 0.0386. The van der Waals surface area contributed by atoms with Crippen molar-refractivity contribution in [2.45, 2.75) is 65.8 Å². The number of aromatic nitrogens is 4. The molecule has 1 aromatic carbocycles. The van der Waals surface area contributed by atoms with Crippen molar-refractivity contribution in [2.24, 2.45) is 0 Å². The van der Waals surface area contributed by atoms with E-state index < -0.39 is 41.1 Å². The van der Waals surface area contributed by atoms with Gasteiger partial charge < -0.3 is 14.5 Å². The van der Waals surface area contributed by atoms with E-state index in [1.165, 1.54) is 23.2 Å². The Balaban J connectivity index is 0.00000103. The first-order valence-electron chi connectivity index (χ1n) is 11.3. The summed E-state index contributed by atoms with van der Waals surface area (Å²) in [5.41, 5.74) is 0.857. The fourth-order valence-electron chi connectivity index (χ4n) is 3.75. The highest BCUT2D eigenvalue weighted by Gasteiger charge is 2.40. The molecule has 1 aliphatic heterocycles. The van der Waals surface area contributed by atoms with Gasteiger partial charge in [-0.3, -0.25) is 14.9 Å². The maximum Gasteiger partial charge on any atom is 0.451 e. The van der Waals surface area contributed by atoms with Gasteiger partial charge in [-0.1, -0.05) is 33.8 Å². The molecular formula is C22H28F4N6O3. The molecule has 1 amide bonds. The lowest BCUT2D eigenvalue weighted by atomic mass is 10.0. The van der Waals surface area contributed by atoms with Gasteiger partial charge in [0.1, 0.15) is 5.82 Å². The van der Waals surface area contributed by atoms with Crippen LogP contribution < -0.4 is 0 Å². The van der Waals surface area contributed by atoms with Crippen molar-refractivity contribution in [3.63, 3.8) is 0 Å². The van der Waals surface area contributed by atoms with E-state index in [2.05, 4.69) is 15.2 Å². The normalized spacial score (nSPS) is 13.8. The van der Waals surface area contributed by atoms with Crippen LogP contribution >= 0.6 is 0 Å². The lowest BCUT2D eigenvalue weighted by Crippen LogP contribution is -2.41. The highest BCUT2D eigenvalue weighted by atomic mass is 19.4. The molecule has 2 aromatic heterocycles. The monoisotopic (exact) mass is 500 g/mol. The summed E-state index contributed by atoms with van der Waals surface area (Å²) in [6.07, 6.45) is -3.85. The fraction of sp³-hybridized carbons (Fsp3) is 0.500. The third kappa shape index (κ3) is 6.14. The Bertz CT molecular complexity index is 1160. The predicted octanol–water partition coefficient (Wildman–Crippen LogP) is 4.59. The molecule has 1 aliphatic rings. The van der Waals surface area contributed by atoms with Gasteiger partial charge in [0.15, 0.2) is 5.82 Å². The number of amides is 1. The van der Waals surface area contributed by atoms with Crippen molar-refractivity contribution < 1.29 is 27.3 Å². The molecule has 13 heteroatoms. The standard InChI is InChI=1S/C18H16F4N6O3.2C2H6/c19-12-2-1-3-13-16(12)10(8-23-13)6-11(28(30)31)7-15(29)26-4-5-27-14(9-26)24-25-17(27)18(20,21)22;2*1-2/h1-3,8,11,23H,4-7,9H2;2*1-2H3. The second-order valence-electron chi connectivity index (χ2n) is 7.23. The number of nitrogens with zero attached hydrogens (tertiary/aromatic N) is 5. The van der Waals surface area contributed by atoms with Gasteiger partial charge in [-0.25, -0.2) is 4.39 Å². The first kappa shape index (κ1) is 27.7. The molecule has 35 heavy (non-hydrogen) atoms. The Morgan fingerprint density at radius 1 is 1.20 bits per heavy atom. The van der Waals surface area contributed by atoms with Crippen molar-refractivity contribution in [3.05, 3.63) is 57.5 Å². The number of carbonyl (C=O) groups is 1. The number of benzene rings is 1. The molecule has 3 heterocycles. The van der Waals surface area contributed by atoms with Gasteiger partial charge in [0, 0.05) is 41.5 Å². The summed E-state index contributed by atoms with van der Waals surface area (Å²) >= 11 is 0. The van der Waals surface area contributed by atoms with Gasteiger partial charge in [0.25, 0.3) is 0 Å². The summed E-state index contributed by atoms with van der Waals surface area (Å²) in [5, 5.41) is 18.4. The van der Waals surface area contributed by atoms with E-state index in [1.54, 1.807) is 6.07 Å². The number of hydrogen-bond acceptors (Lipinski definition) is 5. The number of nitro groups is 1. The summed E-state index contributed by atoms with van der Waals surface area (Å²) in [7, 11) is 0. The Morgan fingerprint density at radius 3 is 2.51 bits per heavy atom. The maximum absolute atomic E-state index is 14.2. The quantitative estimate of drug-likeness (QED) is 0.313. The number of alkyl halides is 3. The van der Waals surface area contributed by atoms with Gasteiger partial charge in [-0.05, 0) is 17.7 Å². The van der Waals surface area contributed by atoms with Crippen LogP contribution in [0.2, 0.25) is 0 Å². The van der Waals surface area contributed by atoms with Crippen LogP contribution in [0.4, 0.5) is 17.6 Å². The number of aromatic amines is 1. The third-order valence-corrected chi connectivity index (χ3v) is 5.26. The van der Waals surface area contributed by atoms with E-state index in [9.17, 15) is 32.5 Å². The van der Waals surface area contributed by atoms with Crippen molar-refractivity contribution in [3.8, 4) is 0 Å². The highest BCUT2D eigenvalue weighted by Crippen LogP contribution is 2.30. The molecule has 0 bridgehead atoms. The fourth-order valence-corrected chi connectivity index (χ4v) is 3.75. The number of H-pyrrole nitrogens is 1. The topological polar surface area (TPSA) is 110 Å². The number of rotatable bonds is 5. The Morgan fingerprint density at radius 2 is 1.89 bits per heavy atom. The second kappa shape index (κ2) is 11.8.